The second-order valence-corrected chi connectivity index (χ2v) is 7.09. The number of hydrogen-bond acceptors (Lipinski definition) is 5. The molecule has 0 aliphatic carbocycles. The monoisotopic (exact) mass is 316 g/mol. The van der Waals surface area contributed by atoms with E-state index in [1.807, 2.05) is 19.1 Å². The third kappa shape index (κ3) is 2.92. The SMILES string of the molecule is Cc1ccc(N2CC3CN(C(=O)C4CCOCC4)CC3C2)nn1. The smallest absolute Gasteiger partial charge is 0.225 e. The molecule has 2 unspecified atom stereocenters. The molecule has 0 N–H and O–H groups in total. The van der Waals surface area contributed by atoms with Crippen LogP contribution in [0.25, 0.3) is 0 Å². The largest absolute Gasteiger partial charge is 0.381 e. The molecule has 0 saturated carbocycles. The zero-order valence-electron chi connectivity index (χ0n) is 13.6. The molecule has 4 heterocycles. The Morgan fingerprint density at radius 3 is 2.39 bits per heavy atom. The summed E-state index contributed by atoms with van der Waals surface area (Å²) >= 11 is 0. The van der Waals surface area contributed by atoms with Crippen molar-refractivity contribution in [3.8, 4) is 0 Å². The number of carbonyl (C=O) groups is 1. The van der Waals surface area contributed by atoms with Gasteiger partial charge < -0.3 is 14.5 Å². The molecule has 0 spiro atoms. The molecule has 124 valence electrons. The van der Waals surface area contributed by atoms with Gasteiger partial charge in [0.25, 0.3) is 0 Å². The number of fused-ring (bicyclic) bond motifs is 1. The molecule has 0 aromatic carbocycles. The molecule has 6 nitrogen and oxygen atoms in total. The van der Waals surface area contributed by atoms with Crippen molar-refractivity contribution in [2.75, 3.05) is 44.3 Å². The van der Waals surface area contributed by atoms with E-state index in [2.05, 4.69) is 20.0 Å². The molecule has 1 aromatic heterocycles. The van der Waals surface area contributed by atoms with Crippen LogP contribution in [0, 0.1) is 24.7 Å². The Bertz CT molecular complexity index is 556. The first-order valence-corrected chi connectivity index (χ1v) is 8.62. The van der Waals surface area contributed by atoms with Crippen LogP contribution in [0.2, 0.25) is 0 Å². The van der Waals surface area contributed by atoms with Crippen molar-refractivity contribution in [2.24, 2.45) is 17.8 Å². The van der Waals surface area contributed by atoms with Crippen LogP contribution >= 0.6 is 0 Å². The van der Waals surface area contributed by atoms with Crippen LogP contribution < -0.4 is 4.90 Å². The van der Waals surface area contributed by atoms with Gasteiger partial charge in [-0.1, -0.05) is 0 Å². The average molecular weight is 316 g/mol. The van der Waals surface area contributed by atoms with E-state index < -0.39 is 0 Å². The van der Waals surface area contributed by atoms with Gasteiger partial charge in [0.2, 0.25) is 5.91 Å². The summed E-state index contributed by atoms with van der Waals surface area (Å²) in [6, 6.07) is 4.06. The fourth-order valence-corrected chi connectivity index (χ4v) is 4.12. The maximum Gasteiger partial charge on any atom is 0.225 e. The van der Waals surface area contributed by atoms with Crippen molar-refractivity contribution in [1.82, 2.24) is 15.1 Å². The molecule has 0 bridgehead atoms. The Labute approximate surface area is 136 Å². The predicted octanol–water partition coefficient (Wildman–Crippen LogP) is 1.11. The van der Waals surface area contributed by atoms with E-state index in [1.165, 1.54) is 0 Å². The Kier molecular flexibility index (Phi) is 3.93. The molecule has 3 aliphatic heterocycles. The molecular weight excluding hydrogens is 292 g/mol. The molecule has 2 atom stereocenters. The highest BCUT2D eigenvalue weighted by molar-refractivity contribution is 5.79. The summed E-state index contributed by atoms with van der Waals surface area (Å²) in [4.78, 5) is 17.1. The van der Waals surface area contributed by atoms with Crippen molar-refractivity contribution < 1.29 is 9.53 Å². The lowest BCUT2D eigenvalue weighted by Crippen LogP contribution is -2.39. The van der Waals surface area contributed by atoms with E-state index >= 15 is 0 Å². The first-order chi connectivity index (χ1) is 11.2. The van der Waals surface area contributed by atoms with Crippen molar-refractivity contribution in [1.29, 1.82) is 0 Å². The maximum atomic E-state index is 12.7. The fourth-order valence-electron chi connectivity index (χ4n) is 4.12. The minimum absolute atomic E-state index is 0.182. The lowest BCUT2D eigenvalue weighted by molar-refractivity contribution is -0.137. The Morgan fingerprint density at radius 1 is 1.09 bits per heavy atom. The number of likely N-dealkylation sites (tertiary alicyclic amines) is 1. The van der Waals surface area contributed by atoms with Gasteiger partial charge in [-0.15, -0.1) is 5.10 Å². The highest BCUT2D eigenvalue weighted by Crippen LogP contribution is 2.34. The van der Waals surface area contributed by atoms with Crippen LogP contribution in [0.4, 0.5) is 5.82 Å². The molecule has 0 radical (unpaired) electrons. The highest BCUT2D eigenvalue weighted by Gasteiger charge is 2.43. The summed E-state index contributed by atoms with van der Waals surface area (Å²) in [5, 5.41) is 8.45. The highest BCUT2D eigenvalue weighted by atomic mass is 16.5. The molecule has 1 aromatic rings. The summed E-state index contributed by atoms with van der Waals surface area (Å²) in [6.07, 6.45) is 1.77. The van der Waals surface area contributed by atoms with Crippen LogP contribution in [0.1, 0.15) is 18.5 Å². The maximum absolute atomic E-state index is 12.7. The van der Waals surface area contributed by atoms with Crippen molar-refractivity contribution >= 4 is 11.7 Å². The average Bonchev–Trinajstić information content (AvgIpc) is 3.14. The second-order valence-electron chi connectivity index (χ2n) is 7.09. The summed E-state index contributed by atoms with van der Waals surface area (Å²) < 4.78 is 5.37. The molecule has 1 amide bonds. The number of rotatable bonds is 2. The van der Waals surface area contributed by atoms with Crippen LogP contribution in [0.3, 0.4) is 0 Å². The van der Waals surface area contributed by atoms with Crippen molar-refractivity contribution in [2.45, 2.75) is 19.8 Å². The number of anilines is 1. The third-order valence-corrected chi connectivity index (χ3v) is 5.48. The first kappa shape index (κ1) is 14.9. The quantitative estimate of drug-likeness (QED) is 0.818. The molecule has 3 saturated heterocycles. The molecule has 4 rings (SSSR count). The molecule has 23 heavy (non-hydrogen) atoms. The van der Waals surface area contributed by atoms with Gasteiger partial charge in [-0.25, -0.2) is 0 Å². The minimum Gasteiger partial charge on any atom is -0.381 e. The van der Waals surface area contributed by atoms with Gasteiger partial charge in [-0.3, -0.25) is 4.79 Å². The fraction of sp³-hybridized carbons (Fsp3) is 0.706. The predicted molar refractivity (Wildman–Crippen MR) is 86.1 cm³/mol. The zero-order valence-corrected chi connectivity index (χ0v) is 13.6. The van der Waals surface area contributed by atoms with E-state index in [9.17, 15) is 4.79 Å². The first-order valence-electron chi connectivity index (χ1n) is 8.62. The van der Waals surface area contributed by atoms with Gasteiger partial charge in [0.05, 0.1) is 5.69 Å². The van der Waals surface area contributed by atoms with Gasteiger partial charge in [0.15, 0.2) is 5.82 Å². The van der Waals surface area contributed by atoms with Gasteiger partial charge in [0, 0.05) is 57.1 Å². The molecule has 6 heteroatoms. The second kappa shape index (κ2) is 6.07. The van der Waals surface area contributed by atoms with Crippen molar-refractivity contribution in [3.05, 3.63) is 17.8 Å². The van der Waals surface area contributed by atoms with Crippen LogP contribution in [0.5, 0.6) is 0 Å². The van der Waals surface area contributed by atoms with Crippen LogP contribution in [-0.2, 0) is 9.53 Å². The number of amides is 1. The van der Waals surface area contributed by atoms with E-state index in [0.717, 1.165) is 63.7 Å². The third-order valence-electron chi connectivity index (χ3n) is 5.48. The number of aromatic nitrogens is 2. The standard InChI is InChI=1S/C17H24N4O2/c1-12-2-3-16(19-18-12)20-8-14-10-21(11-15(14)9-20)17(22)13-4-6-23-7-5-13/h2-3,13-15H,4-11H2,1H3. The topological polar surface area (TPSA) is 58.6 Å². The van der Waals surface area contributed by atoms with Crippen LogP contribution in [-0.4, -0.2) is 60.4 Å². The normalized spacial score (nSPS) is 28.2. The summed E-state index contributed by atoms with van der Waals surface area (Å²) in [5.74, 6) is 2.64. The number of carbonyl (C=O) groups excluding carboxylic acids is 1. The Hall–Kier alpha value is -1.69. The summed E-state index contributed by atoms with van der Waals surface area (Å²) in [5.41, 5.74) is 0.946. The van der Waals surface area contributed by atoms with Crippen molar-refractivity contribution in [3.63, 3.8) is 0 Å². The van der Waals surface area contributed by atoms with Gasteiger partial charge in [-0.05, 0) is 31.9 Å². The Balaban J connectivity index is 1.36. The molecular formula is C17H24N4O2. The van der Waals surface area contributed by atoms with Crippen LogP contribution in [0.15, 0.2) is 12.1 Å². The van der Waals surface area contributed by atoms with E-state index in [-0.39, 0.29) is 5.92 Å². The van der Waals surface area contributed by atoms with E-state index in [0.29, 0.717) is 17.7 Å². The summed E-state index contributed by atoms with van der Waals surface area (Å²) in [7, 11) is 0. The van der Waals surface area contributed by atoms with Gasteiger partial charge >= 0.3 is 0 Å². The van der Waals surface area contributed by atoms with E-state index in [1.54, 1.807) is 0 Å². The van der Waals surface area contributed by atoms with E-state index in [4.69, 9.17) is 4.74 Å². The lowest BCUT2D eigenvalue weighted by atomic mass is 9.99. The lowest BCUT2D eigenvalue weighted by Gasteiger charge is -2.28. The number of ether oxygens (including phenoxy) is 1. The molecule has 3 fully saturated rings. The zero-order chi connectivity index (χ0) is 15.8. The number of aryl methyl sites for hydroxylation is 1. The number of nitrogens with zero attached hydrogens (tertiary/aromatic N) is 4. The van der Waals surface area contributed by atoms with Gasteiger partial charge in [0.1, 0.15) is 0 Å². The Morgan fingerprint density at radius 2 is 1.78 bits per heavy atom. The van der Waals surface area contributed by atoms with Gasteiger partial charge in [-0.2, -0.15) is 5.10 Å². The number of hydrogen-bond donors (Lipinski definition) is 0. The molecule has 3 aliphatic rings. The summed E-state index contributed by atoms with van der Waals surface area (Å²) in [6.45, 7) is 7.19. The minimum atomic E-state index is 0.182.